The Balaban J connectivity index is -0.0000000152. The molecule has 6 rings (SSSR count). The summed E-state index contributed by atoms with van der Waals surface area (Å²) in [4.78, 5) is 3.78. The van der Waals surface area contributed by atoms with Crippen LogP contribution in [0.15, 0.2) is 168 Å². The number of benzene rings is 3. The quantitative estimate of drug-likeness (QED) is 0.112. The van der Waals surface area contributed by atoms with E-state index in [0.29, 0.717) is 0 Å². The predicted molar refractivity (Wildman–Crippen MR) is 295 cm³/mol. The summed E-state index contributed by atoms with van der Waals surface area (Å²) in [5, 5.41) is 2.62. The molecule has 3 aromatic carbocycles. The first-order valence-corrected chi connectivity index (χ1v) is 20.6. The number of hydrogen-bond acceptors (Lipinski definition) is 3. The van der Waals surface area contributed by atoms with Crippen LogP contribution in [0.1, 0.15) is 144 Å². The molecule has 3 nitrogen and oxygen atoms in total. The molecule has 3 aromatic heterocycles. The topological polar surface area (TPSA) is 39.2 Å². The Kier molecular flexibility index (Phi) is 446. The fraction of sp³-hybridized carbons (Fsp3) is 0.368. The van der Waals surface area contributed by atoms with E-state index < -0.39 is 0 Å². The molecule has 10 heteroatoms. The van der Waals surface area contributed by atoms with E-state index in [9.17, 15) is 0 Å². The Morgan fingerprint density at radius 3 is 0.567 bits per heavy atom. The second kappa shape index (κ2) is 198. The van der Waals surface area contributed by atoms with Crippen molar-refractivity contribution in [2.75, 3.05) is 0 Å². The number of furan rings is 2. The van der Waals surface area contributed by atoms with E-state index in [1.807, 2.05) is 199 Å². The molecule has 0 saturated heterocycles. The predicted octanol–water partition coefficient (Wildman–Crippen LogP) is 21.9. The second-order valence-corrected chi connectivity index (χ2v) is 6.61. The summed E-state index contributed by atoms with van der Waals surface area (Å²) < 4.78 is 9.17. The SMILES string of the molecule is CC.CC.CC.CC.CC.CC.CC.CC.CC.CC.Cc1ccccc1.[CH3-].[CH3-].[CH3-].[CH3-].[CH3-].[CH3-].[CH3-].[Re].[Re].[Re].[Re].[Rf].[Rf].[Rh].c1ccc2ccccc2c1.c1ccncc1.c1ccoc1.c1ccoc1. The van der Waals surface area contributed by atoms with Crippen molar-refractivity contribution in [2.24, 2.45) is 0 Å². The average Bonchev–Trinajstić information content (AvgIpc) is 4.11. The number of aryl methyl sites for hydroxylation is 1. The summed E-state index contributed by atoms with van der Waals surface area (Å²) in [7, 11) is 0. The van der Waals surface area contributed by atoms with Gasteiger partial charge in [-0.2, -0.15) is 0 Å². The van der Waals surface area contributed by atoms with Gasteiger partial charge in [0, 0.05) is 114 Å². The first kappa shape index (κ1) is 151. The molecule has 0 unspecified atom stereocenters. The van der Waals surface area contributed by atoms with Crippen LogP contribution < -0.4 is 0 Å². The molecule has 0 fully saturated rings. The molecule has 0 bridgehead atoms. The Morgan fingerprint density at radius 2 is 0.463 bits per heavy atom. The Bertz CT molecular complexity index is 1050. The van der Waals surface area contributed by atoms with Gasteiger partial charge in [0.1, 0.15) is 0 Å². The maximum Gasteiger partial charge on any atom is 0.0902 e. The van der Waals surface area contributed by atoms with Crippen molar-refractivity contribution in [3.8, 4) is 0 Å². The van der Waals surface area contributed by atoms with E-state index in [1.54, 1.807) is 37.4 Å². The van der Waals surface area contributed by atoms with Gasteiger partial charge in [-0.1, -0.05) is 229 Å². The Hall–Kier alpha value is -3.10. The molecule has 0 amide bonds. The van der Waals surface area contributed by atoms with Crippen LogP contribution in [-0.2, 0) is 101 Å². The fourth-order valence-corrected chi connectivity index (χ4v) is 2.43. The van der Waals surface area contributed by atoms with Crippen LogP contribution >= 0.6 is 0 Å². The largest absolute Gasteiger partial charge is 0.473 e. The van der Waals surface area contributed by atoms with Crippen LogP contribution in [0.4, 0.5) is 0 Å². The number of pyridine rings is 1. The van der Waals surface area contributed by atoms with Crippen molar-refractivity contribution in [2.45, 2.75) is 145 Å². The van der Waals surface area contributed by atoms with Crippen molar-refractivity contribution < 1.29 is 110 Å². The molecular formula is C57H110NO2Re4Rf2Rh-7. The molecular weight excluding hydrogens is 2110 g/mol. The smallest absolute Gasteiger partial charge is 0.0902 e. The standard InChI is InChI=1S/C10H8.C7H8.C5H5N.2C4H4O.10C2H6.7CH3.4Re.2Rf.Rh/c1-2-6-10-8-4-3-7-9(10)5-1;1-7-5-3-2-4-6-7;1-2-4-6-5-3-1;2*1-2-4-5-3-1;10*1-2;;;;;;;;;;;;;;/h1-8H;2-6H,1H3;1-5H;2*1-4H;10*1-2H3;7*1H3;;;;;;;/q;;;;;;;;;;;;;;;7*-1;;;;;;;. The number of rotatable bonds is 0. The Morgan fingerprint density at radius 1 is 0.284 bits per heavy atom. The van der Waals surface area contributed by atoms with Crippen LogP contribution in [0.25, 0.3) is 10.8 Å². The molecule has 0 spiro atoms. The number of nitrogens with zero attached hydrogens (tertiary/aromatic N) is 1. The number of hydrogen-bond donors (Lipinski definition) is 0. The summed E-state index contributed by atoms with van der Waals surface area (Å²) >= 11 is 0. The van der Waals surface area contributed by atoms with Crippen molar-refractivity contribution >= 4 is 10.8 Å². The zero-order valence-electron chi connectivity index (χ0n) is 49.0. The van der Waals surface area contributed by atoms with Gasteiger partial charge in [0.25, 0.3) is 0 Å². The fourth-order valence-electron chi connectivity index (χ4n) is 2.43. The van der Waals surface area contributed by atoms with Gasteiger partial charge in [-0.25, -0.2) is 0 Å². The van der Waals surface area contributed by atoms with Crippen molar-refractivity contribution in [3.63, 3.8) is 0 Å². The van der Waals surface area contributed by atoms with Gasteiger partial charge in [-0.3, -0.25) is 4.98 Å². The van der Waals surface area contributed by atoms with Crippen molar-refractivity contribution in [3.05, 3.63) is 216 Å². The third kappa shape index (κ3) is 154. The number of fused-ring (bicyclic) bond motifs is 1. The molecule has 67 heavy (non-hydrogen) atoms. The average molecular weight is 2220 g/mol. The molecule has 0 N–H and O–H groups in total. The molecule has 0 aliphatic heterocycles. The summed E-state index contributed by atoms with van der Waals surface area (Å²) in [6, 6.07) is 40.0. The zero-order valence-corrected chi connectivity index (χ0v) is 74.3. The van der Waals surface area contributed by atoms with Gasteiger partial charge in [0.15, 0.2) is 0 Å². The van der Waals surface area contributed by atoms with Crippen molar-refractivity contribution in [1.29, 1.82) is 0 Å². The van der Waals surface area contributed by atoms with E-state index in [1.165, 1.54) is 16.3 Å². The molecule has 403 valence electrons. The van der Waals surface area contributed by atoms with Gasteiger partial charge in [0.2, 0.25) is 0 Å². The number of aromatic nitrogens is 1. The second-order valence-electron chi connectivity index (χ2n) is 6.61. The first-order valence-electron chi connectivity index (χ1n) is 20.6. The van der Waals surface area contributed by atoms with Gasteiger partial charge in [-0.15, -0.1) is 0 Å². The minimum atomic E-state index is 0. The van der Waals surface area contributed by atoms with E-state index in [2.05, 4.69) is 81.4 Å². The van der Waals surface area contributed by atoms with E-state index in [4.69, 9.17) is 0 Å². The minimum absolute atomic E-state index is 0. The molecule has 6 aromatic rings. The summed E-state index contributed by atoms with van der Waals surface area (Å²) in [6.07, 6.45) is 10.0. The maximum absolute atomic E-state index is 4.58. The van der Waals surface area contributed by atoms with Gasteiger partial charge < -0.3 is 60.8 Å². The zero-order chi connectivity index (χ0) is 43.2. The van der Waals surface area contributed by atoms with Crippen LogP contribution in [0.5, 0.6) is 0 Å². The van der Waals surface area contributed by atoms with Crippen LogP contribution in [-0.4, -0.2) is 4.98 Å². The summed E-state index contributed by atoms with van der Waals surface area (Å²) in [6.45, 7) is 42.1. The monoisotopic (exact) mass is 2230 g/mol. The Labute approximate surface area is 482 Å². The van der Waals surface area contributed by atoms with E-state index in [-0.39, 0.29) is 153 Å². The normalized spacial score (nSPS) is 5.21. The molecule has 0 aliphatic rings. The van der Waals surface area contributed by atoms with Gasteiger partial charge in [-0.05, 0) is 54.1 Å². The third-order valence-electron chi connectivity index (χ3n) is 4.02. The van der Waals surface area contributed by atoms with Gasteiger partial charge in [0.05, 0.1) is 25.1 Å². The molecule has 0 aliphatic carbocycles. The van der Waals surface area contributed by atoms with Crippen LogP contribution in [0.3, 0.4) is 0 Å². The maximum atomic E-state index is 4.58. The van der Waals surface area contributed by atoms with Crippen molar-refractivity contribution in [1.82, 2.24) is 4.98 Å². The van der Waals surface area contributed by atoms with Crippen LogP contribution in [0, 0.1) is 58.9 Å². The van der Waals surface area contributed by atoms with Crippen LogP contribution in [0.2, 0.25) is 0 Å². The molecule has 0 atom stereocenters. The molecule has 0 saturated carbocycles. The molecule has 5 radical (unpaired) electrons. The summed E-state index contributed by atoms with van der Waals surface area (Å²) in [5.74, 6) is 0. The summed E-state index contributed by atoms with van der Waals surface area (Å²) in [5.41, 5.74) is 1.32. The van der Waals surface area contributed by atoms with E-state index in [0.717, 1.165) is 0 Å². The minimum Gasteiger partial charge on any atom is -0.473 e. The first-order chi connectivity index (χ1) is 26.4. The van der Waals surface area contributed by atoms with Gasteiger partial charge >= 0.3 is 0 Å². The van der Waals surface area contributed by atoms with E-state index >= 15 is 0 Å². The molecule has 3 heterocycles. The third-order valence-corrected chi connectivity index (χ3v) is 4.02.